The Morgan fingerprint density at radius 1 is 1.19 bits per heavy atom. The normalized spacial score (nSPS) is 11.6. The van der Waals surface area contributed by atoms with Gasteiger partial charge in [0, 0.05) is 0 Å². The van der Waals surface area contributed by atoms with Crippen molar-refractivity contribution in [1.82, 2.24) is 0 Å². The maximum Gasteiger partial charge on any atom is 0.396 e. The fourth-order valence-electron chi connectivity index (χ4n) is 1.14. The van der Waals surface area contributed by atoms with Crippen molar-refractivity contribution >= 4 is 5.78 Å². The molecule has 0 aliphatic heterocycles. The topological polar surface area (TPSA) is 17.1 Å². The number of rotatable bonds is 2. The van der Waals surface area contributed by atoms with Crippen LogP contribution in [0.25, 0.3) is 0 Å². The summed E-state index contributed by atoms with van der Waals surface area (Å²) in [6.07, 6.45) is -6.53. The molecule has 16 heavy (non-hydrogen) atoms. The van der Waals surface area contributed by atoms with Gasteiger partial charge in [-0.05, 0) is 18.6 Å². The highest BCUT2D eigenvalue weighted by Crippen LogP contribution is 2.24. The summed E-state index contributed by atoms with van der Waals surface area (Å²) >= 11 is 0. The van der Waals surface area contributed by atoms with E-state index in [0.717, 1.165) is 12.1 Å². The highest BCUT2D eigenvalue weighted by molar-refractivity contribution is 5.96. The molecule has 0 atom stereocenters. The third-order valence-electron chi connectivity index (χ3n) is 1.94. The molecule has 1 nitrogen and oxygen atoms in total. The van der Waals surface area contributed by atoms with Crippen LogP contribution in [0.5, 0.6) is 0 Å². The summed E-state index contributed by atoms with van der Waals surface area (Å²) in [6, 6.07) is 1.91. The van der Waals surface area contributed by atoms with Gasteiger partial charge in [-0.1, -0.05) is 6.07 Å². The van der Waals surface area contributed by atoms with Gasteiger partial charge in [0.25, 0.3) is 0 Å². The summed E-state index contributed by atoms with van der Waals surface area (Å²) in [4.78, 5) is 11.0. The molecule has 0 heterocycles. The Morgan fingerprint density at radius 2 is 1.75 bits per heavy atom. The highest BCUT2D eigenvalue weighted by Gasteiger charge is 2.33. The van der Waals surface area contributed by atoms with E-state index in [1.807, 2.05) is 0 Å². The summed E-state index contributed by atoms with van der Waals surface area (Å²) in [6.45, 7) is 1.25. The molecule has 0 bridgehead atoms. The van der Waals surface area contributed by atoms with Crippen molar-refractivity contribution in [3.63, 3.8) is 0 Å². The maximum atomic E-state index is 13.1. The van der Waals surface area contributed by atoms with Crippen LogP contribution < -0.4 is 0 Å². The van der Waals surface area contributed by atoms with Crippen molar-refractivity contribution in [2.45, 2.75) is 19.5 Å². The first kappa shape index (κ1) is 12.6. The van der Waals surface area contributed by atoms with Crippen molar-refractivity contribution in [2.24, 2.45) is 0 Å². The lowest BCUT2D eigenvalue weighted by molar-refractivity contribution is -0.125. The smallest absolute Gasteiger partial charge is 0.294 e. The van der Waals surface area contributed by atoms with Crippen molar-refractivity contribution in [3.05, 3.63) is 34.9 Å². The largest absolute Gasteiger partial charge is 0.396 e. The molecule has 0 saturated heterocycles. The molecular weight excluding hydrogens is 231 g/mol. The zero-order chi connectivity index (χ0) is 12.5. The summed E-state index contributed by atoms with van der Waals surface area (Å²) in [5.41, 5.74) is -0.943. The van der Waals surface area contributed by atoms with Crippen LogP contribution >= 0.6 is 0 Å². The van der Waals surface area contributed by atoms with Crippen LogP contribution in [0.4, 0.5) is 22.0 Å². The van der Waals surface area contributed by atoms with Crippen molar-refractivity contribution in [3.8, 4) is 0 Å². The van der Waals surface area contributed by atoms with Gasteiger partial charge in [0.2, 0.25) is 0 Å². The summed E-state index contributed by atoms with van der Waals surface area (Å²) in [7, 11) is 0. The fraction of sp³-hybridized carbons (Fsp3) is 0.300. The zero-order valence-corrected chi connectivity index (χ0v) is 8.16. The molecule has 0 saturated carbocycles. The van der Waals surface area contributed by atoms with Crippen LogP contribution in [-0.4, -0.2) is 12.0 Å². The van der Waals surface area contributed by atoms with E-state index in [1.165, 1.54) is 6.92 Å². The van der Waals surface area contributed by atoms with Gasteiger partial charge in [-0.25, -0.2) is 8.78 Å². The van der Waals surface area contributed by atoms with E-state index in [2.05, 4.69) is 0 Å². The van der Waals surface area contributed by atoms with Crippen LogP contribution in [0.1, 0.15) is 22.3 Å². The zero-order valence-electron chi connectivity index (χ0n) is 8.16. The number of benzene rings is 1. The summed E-state index contributed by atoms with van der Waals surface area (Å²) in [5.74, 6) is -4.31. The number of aryl methyl sites for hydroxylation is 1. The Hall–Kier alpha value is -1.46. The number of hydrogen-bond donors (Lipinski definition) is 0. The van der Waals surface area contributed by atoms with Gasteiger partial charge in [0.15, 0.2) is 17.4 Å². The van der Waals surface area contributed by atoms with Gasteiger partial charge in [-0.2, -0.15) is 13.2 Å². The van der Waals surface area contributed by atoms with Crippen LogP contribution in [0.15, 0.2) is 12.1 Å². The molecular formula is C10H7F5O. The number of carbonyl (C=O) groups is 1. The van der Waals surface area contributed by atoms with Crippen LogP contribution in [-0.2, 0) is 0 Å². The summed E-state index contributed by atoms with van der Waals surface area (Å²) < 4.78 is 61.7. The minimum absolute atomic E-state index is 0.0685. The first-order valence-corrected chi connectivity index (χ1v) is 4.27. The lowest BCUT2D eigenvalue weighted by atomic mass is 10.0. The minimum Gasteiger partial charge on any atom is -0.294 e. The lowest BCUT2D eigenvalue weighted by Crippen LogP contribution is -2.16. The SMILES string of the molecule is Cc1ccc(C(=O)CC(F)(F)F)c(F)c1F. The van der Waals surface area contributed by atoms with E-state index in [1.54, 1.807) is 0 Å². The second kappa shape index (κ2) is 4.19. The van der Waals surface area contributed by atoms with Crippen molar-refractivity contribution in [2.75, 3.05) is 0 Å². The second-order valence-electron chi connectivity index (χ2n) is 3.27. The maximum absolute atomic E-state index is 13.1. The van der Waals surface area contributed by atoms with Crippen LogP contribution in [0.2, 0.25) is 0 Å². The third-order valence-corrected chi connectivity index (χ3v) is 1.94. The Bertz CT molecular complexity index is 422. The highest BCUT2D eigenvalue weighted by atomic mass is 19.4. The average molecular weight is 238 g/mol. The predicted octanol–water partition coefficient (Wildman–Crippen LogP) is 3.41. The lowest BCUT2D eigenvalue weighted by Gasteiger charge is -2.07. The molecule has 0 fully saturated rings. The molecule has 0 radical (unpaired) electrons. The van der Waals surface area contributed by atoms with Gasteiger partial charge < -0.3 is 0 Å². The van der Waals surface area contributed by atoms with E-state index >= 15 is 0 Å². The number of alkyl halides is 3. The first-order chi connectivity index (χ1) is 7.22. The fourth-order valence-corrected chi connectivity index (χ4v) is 1.14. The van der Waals surface area contributed by atoms with E-state index < -0.39 is 35.6 Å². The van der Waals surface area contributed by atoms with Gasteiger partial charge in [0.1, 0.15) is 6.42 Å². The predicted molar refractivity (Wildman–Crippen MR) is 46.1 cm³/mol. The minimum atomic E-state index is -4.73. The molecule has 0 amide bonds. The third kappa shape index (κ3) is 2.77. The van der Waals surface area contributed by atoms with Gasteiger partial charge in [-0.15, -0.1) is 0 Å². The second-order valence-corrected chi connectivity index (χ2v) is 3.27. The Balaban J connectivity index is 3.06. The number of halogens is 5. The monoisotopic (exact) mass is 238 g/mol. The van der Waals surface area contributed by atoms with E-state index in [9.17, 15) is 26.7 Å². The van der Waals surface area contributed by atoms with E-state index in [-0.39, 0.29) is 5.56 Å². The molecule has 0 aromatic heterocycles. The first-order valence-electron chi connectivity index (χ1n) is 4.27. The van der Waals surface area contributed by atoms with Gasteiger partial charge in [0.05, 0.1) is 5.56 Å². The average Bonchev–Trinajstić information content (AvgIpc) is 2.11. The standard InChI is InChI=1S/C10H7F5O/c1-5-2-3-6(9(12)8(5)11)7(16)4-10(13,14)15/h2-3H,4H2,1H3. The van der Waals surface area contributed by atoms with Gasteiger partial charge >= 0.3 is 6.18 Å². The molecule has 0 aliphatic carbocycles. The molecule has 1 aromatic rings. The van der Waals surface area contributed by atoms with Crippen molar-refractivity contribution < 1.29 is 26.7 Å². The number of carbonyl (C=O) groups excluding carboxylic acids is 1. The van der Waals surface area contributed by atoms with E-state index in [0.29, 0.717) is 0 Å². The number of hydrogen-bond acceptors (Lipinski definition) is 1. The molecule has 0 N–H and O–H groups in total. The molecule has 0 unspecified atom stereocenters. The molecule has 6 heteroatoms. The molecule has 88 valence electrons. The molecule has 0 spiro atoms. The molecule has 1 rings (SSSR count). The Labute approximate surface area is 87.9 Å². The van der Waals surface area contributed by atoms with Crippen LogP contribution in [0.3, 0.4) is 0 Å². The Kier molecular flexibility index (Phi) is 3.30. The summed E-state index contributed by atoms with van der Waals surface area (Å²) in [5, 5.41) is 0. The van der Waals surface area contributed by atoms with Crippen LogP contribution in [0, 0.1) is 18.6 Å². The number of ketones is 1. The molecule has 1 aromatic carbocycles. The quantitative estimate of drug-likeness (QED) is 0.570. The van der Waals surface area contributed by atoms with Crippen molar-refractivity contribution in [1.29, 1.82) is 0 Å². The van der Waals surface area contributed by atoms with E-state index in [4.69, 9.17) is 0 Å². The van der Waals surface area contributed by atoms with Gasteiger partial charge in [-0.3, -0.25) is 4.79 Å². The Morgan fingerprint density at radius 3 is 2.25 bits per heavy atom. The molecule has 0 aliphatic rings. The number of Topliss-reactive ketones (excluding diaryl/α,β-unsaturated/α-hetero) is 1.